The number of para-hydroxylation sites is 1. The fraction of sp³-hybridized carbons (Fsp3) is 0.188. The van der Waals surface area contributed by atoms with E-state index in [0.29, 0.717) is 5.69 Å². The predicted octanol–water partition coefficient (Wildman–Crippen LogP) is 4.34. The zero-order valence-electron chi connectivity index (χ0n) is 11.9. The molecule has 0 bridgehead atoms. The predicted molar refractivity (Wildman–Crippen MR) is 78.5 cm³/mol. The quantitative estimate of drug-likeness (QED) is 0.870. The fourth-order valence-corrected chi connectivity index (χ4v) is 2.01. The number of nitrogens with one attached hydrogen (secondary N) is 2. The van der Waals surface area contributed by atoms with Gasteiger partial charge in [0.2, 0.25) is 0 Å². The molecule has 0 spiro atoms. The molecule has 0 saturated carbocycles. The Morgan fingerprint density at radius 2 is 1.68 bits per heavy atom. The number of carbonyl (C=O) groups is 1. The van der Waals surface area contributed by atoms with Crippen molar-refractivity contribution in [2.24, 2.45) is 0 Å². The molecular formula is C16H15F3N2O. The lowest BCUT2D eigenvalue weighted by Crippen LogP contribution is -2.29. The second kappa shape index (κ2) is 6.51. The summed E-state index contributed by atoms with van der Waals surface area (Å²) in [6.45, 7) is 1.63. The molecule has 0 saturated heterocycles. The Bertz CT molecular complexity index is 668. The third kappa shape index (κ3) is 4.00. The second-order valence-corrected chi connectivity index (χ2v) is 4.78. The van der Waals surface area contributed by atoms with Gasteiger partial charge in [0, 0.05) is 12.2 Å². The monoisotopic (exact) mass is 308 g/mol. The van der Waals surface area contributed by atoms with Gasteiger partial charge in [-0.25, -0.2) is 4.79 Å². The van der Waals surface area contributed by atoms with E-state index in [1.165, 1.54) is 18.2 Å². The van der Waals surface area contributed by atoms with Gasteiger partial charge >= 0.3 is 12.2 Å². The van der Waals surface area contributed by atoms with E-state index in [4.69, 9.17) is 0 Å². The lowest BCUT2D eigenvalue weighted by molar-refractivity contribution is -0.138. The lowest BCUT2D eigenvalue weighted by Gasteiger charge is -2.14. The summed E-state index contributed by atoms with van der Waals surface area (Å²) in [7, 11) is 0. The average Bonchev–Trinajstić information content (AvgIpc) is 2.47. The molecule has 2 amide bonds. The van der Waals surface area contributed by atoms with Crippen LogP contribution in [0.2, 0.25) is 0 Å². The molecule has 0 aliphatic carbocycles. The number of amides is 2. The molecule has 3 nitrogen and oxygen atoms in total. The van der Waals surface area contributed by atoms with Crippen molar-refractivity contribution in [3.05, 3.63) is 65.2 Å². The van der Waals surface area contributed by atoms with E-state index >= 15 is 0 Å². The van der Waals surface area contributed by atoms with Crippen LogP contribution in [0.25, 0.3) is 0 Å². The van der Waals surface area contributed by atoms with Gasteiger partial charge in [-0.3, -0.25) is 0 Å². The minimum atomic E-state index is -4.44. The Labute approximate surface area is 126 Å². The van der Waals surface area contributed by atoms with E-state index in [-0.39, 0.29) is 12.1 Å². The van der Waals surface area contributed by atoms with Crippen molar-refractivity contribution < 1.29 is 18.0 Å². The average molecular weight is 308 g/mol. The van der Waals surface area contributed by atoms with Crippen molar-refractivity contribution in [3.63, 3.8) is 0 Å². The summed E-state index contributed by atoms with van der Waals surface area (Å²) < 4.78 is 38.5. The first-order chi connectivity index (χ1) is 10.4. The maximum Gasteiger partial charge on any atom is 0.416 e. The van der Waals surface area contributed by atoms with Crippen LogP contribution in [0.4, 0.5) is 23.7 Å². The summed E-state index contributed by atoms with van der Waals surface area (Å²) in [6, 6.07) is 11.8. The van der Waals surface area contributed by atoms with Crippen molar-refractivity contribution in [1.29, 1.82) is 0 Å². The first kappa shape index (κ1) is 15.9. The Balaban J connectivity index is 2.02. The molecular weight excluding hydrogens is 293 g/mol. The van der Waals surface area contributed by atoms with E-state index in [0.717, 1.165) is 11.6 Å². The number of rotatable bonds is 3. The number of alkyl halides is 3. The van der Waals surface area contributed by atoms with E-state index in [1.54, 1.807) is 12.1 Å². The summed E-state index contributed by atoms with van der Waals surface area (Å²) >= 11 is 0. The highest BCUT2D eigenvalue weighted by Crippen LogP contribution is 2.31. The number of hydrogen-bond donors (Lipinski definition) is 2. The van der Waals surface area contributed by atoms with Crippen LogP contribution >= 0.6 is 0 Å². The van der Waals surface area contributed by atoms with E-state index in [1.807, 2.05) is 19.1 Å². The summed E-state index contributed by atoms with van der Waals surface area (Å²) in [5.41, 5.74) is 0.763. The molecule has 116 valence electrons. The molecule has 0 atom stereocenters. The largest absolute Gasteiger partial charge is 0.416 e. The molecule has 0 aliphatic rings. The highest BCUT2D eigenvalue weighted by molar-refractivity contribution is 5.89. The van der Waals surface area contributed by atoms with Crippen LogP contribution in [0.3, 0.4) is 0 Å². The highest BCUT2D eigenvalue weighted by atomic mass is 19.4. The van der Waals surface area contributed by atoms with Crippen molar-refractivity contribution in [2.45, 2.75) is 19.6 Å². The Kier molecular flexibility index (Phi) is 4.70. The molecule has 6 heteroatoms. The number of halogens is 3. The van der Waals surface area contributed by atoms with Crippen molar-refractivity contribution in [2.75, 3.05) is 5.32 Å². The molecule has 0 fully saturated rings. The summed E-state index contributed by atoms with van der Waals surface area (Å²) in [4.78, 5) is 11.8. The van der Waals surface area contributed by atoms with Gasteiger partial charge in [0.15, 0.2) is 0 Å². The first-order valence-corrected chi connectivity index (χ1v) is 6.63. The number of urea groups is 1. The summed E-state index contributed by atoms with van der Waals surface area (Å²) in [6.07, 6.45) is -4.44. The Morgan fingerprint density at radius 3 is 2.36 bits per heavy atom. The standard InChI is InChI=1S/C16H15F3N2O/c1-11-6-2-5-9-14(11)21-15(22)20-10-12-7-3-4-8-13(12)16(17,18)19/h2-9H,10H2,1H3,(H2,20,21,22). The van der Waals surface area contributed by atoms with Crippen LogP contribution in [0.15, 0.2) is 48.5 Å². The van der Waals surface area contributed by atoms with Crippen molar-refractivity contribution in [3.8, 4) is 0 Å². The second-order valence-electron chi connectivity index (χ2n) is 4.78. The molecule has 0 heterocycles. The lowest BCUT2D eigenvalue weighted by atomic mass is 10.1. The van der Waals surface area contributed by atoms with Gasteiger partial charge in [-0.2, -0.15) is 13.2 Å². The van der Waals surface area contributed by atoms with Gasteiger partial charge in [-0.1, -0.05) is 36.4 Å². The van der Waals surface area contributed by atoms with Crippen LogP contribution in [-0.4, -0.2) is 6.03 Å². The molecule has 0 aliphatic heterocycles. The number of anilines is 1. The zero-order valence-corrected chi connectivity index (χ0v) is 11.9. The topological polar surface area (TPSA) is 41.1 Å². The normalized spacial score (nSPS) is 11.1. The molecule has 0 unspecified atom stereocenters. The number of hydrogen-bond acceptors (Lipinski definition) is 1. The van der Waals surface area contributed by atoms with Crippen LogP contribution in [-0.2, 0) is 12.7 Å². The molecule has 2 N–H and O–H groups in total. The third-order valence-corrected chi connectivity index (χ3v) is 3.16. The maximum atomic E-state index is 12.8. The number of aryl methyl sites for hydroxylation is 1. The Hall–Kier alpha value is -2.50. The van der Waals surface area contributed by atoms with Crippen LogP contribution in [0, 0.1) is 6.92 Å². The van der Waals surface area contributed by atoms with Crippen LogP contribution < -0.4 is 10.6 Å². The van der Waals surface area contributed by atoms with E-state index in [2.05, 4.69) is 10.6 Å². The van der Waals surface area contributed by atoms with Gasteiger partial charge in [0.05, 0.1) is 5.56 Å². The minimum absolute atomic E-state index is 0.0231. The van der Waals surface area contributed by atoms with Gasteiger partial charge in [0.25, 0.3) is 0 Å². The van der Waals surface area contributed by atoms with E-state index < -0.39 is 17.8 Å². The van der Waals surface area contributed by atoms with Crippen molar-refractivity contribution >= 4 is 11.7 Å². The van der Waals surface area contributed by atoms with Crippen LogP contribution in [0.1, 0.15) is 16.7 Å². The van der Waals surface area contributed by atoms with Crippen molar-refractivity contribution in [1.82, 2.24) is 5.32 Å². The van der Waals surface area contributed by atoms with E-state index in [9.17, 15) is 18.0 Å². The fourth-order valence-electron chi connectivity index (χ4n) is 2.01. The maximum absolute atomic E-state index is 12.8. The first-order valence-electron chi connectivity index (χ1n) is 6.63. The van der Waals surface area contributed by atoms with Gasteiger partial charge in [-0.15, -0.1) is 0 Å². The minimum Gasteiger partial charge on any atom is -0.334 e. The van der Waals surface area contributed by atoms with Gasteiger partial charge < -0.3 is 10.6 Å². The number of carbonyl (C=O) groups excluding carboxylic acids is 1. The van der Waals surface area contributed by atoms with Crippen LogP contribution in [0.5, 0.6) is 0 Å². The number of benzene rings is 2. The molecule has 0 aromatic heterocycles. The Morgan fingerprint density at radius 1 is 1.05 bits per heavy atom. The summed E-state index contributed by atoms with van der Waals surface area (Å²) in [5.74, 6) is 0. The highest BCUT2D eigenvalue weighted by Gasteiger charge is 2.32. The SMILES string of the molecule is Cc1ccccc1NC(=O)NCc1ccccc1C(F)(F)F. The summed E-state index contributed by atoms with van der Waals surface area (Å²) in [5, 5.41) is 5.04. The zero-order chi connectivity index (χ0) is 16.2. The molecule has 2 rings (SSSR count). The van der Waals surface area contributed by atoms with Gasteiger partial charge in [-0.05, 0) is 30.2 Å². The molecule has 2 aromatic rings. The third-order valence-electron chi connectivity index (χ3n) is 3.16. The molecule has 22 heavy (non-hydrogen) atoms. The smallest absolute Gasteiger partial charge is 0.334 e. The van der Waals surface area contributed by atoms with Gasteiger partial charge in [0.1, 0.15) is 0 Å². The molecule has 2 aromatic carbocycles. The molecule has 0 radical (unpaired) electrons.